The summed E-state index contributed by atoms with van der Waals surface area (Å²) in [6.45, 7) is 4.13. The Balaban J connectivity index is 2.04. The Hall–Kier alpha value is -3.83. The molecule has 0 aliphatic heterocycles. The molecule has 12 heteroatoms. The first-order chi connectivity index (χ1) is 19.6. The number of Topliss-reactive ketones (excluding diaryl/α,β-unsaturated/α-hetero) is 1. The van der Waals surface area contributed by atoms with Crippen LogP contribution in [-0.4, -0.2) is 53.5 Å². The highest BCUT2D eigenvalue weighted by Gasteiger charge is 2.30. The molecule has 1 atom stereocenters. The fourth-order valence-electron chi connectivity index (χ4n) is 4.16. The lowest BCUT2D eigenvalue weighted by molar-refractivity contribution is -0.153. The standard InChI is InChI=1S/C30H31ClF3NO7/c1-29(2,3)42-12-11-23(24(36)13-18-5-7-19(8-6-18)28(38)39)35-16-26(40-4)22(15-27(35)37)21-14-20(31)9-10-25(21)41-17-30(32,33)34/h5-10,14-16,23H,11-13,17H2,1-4H3,(H,38,39). The summed E-state index contributed by atoms with van der Waals surface area (Å²) in [6.07, 6.45) is -3.25. The Morgan fingerprint density at radius 1 is 1.00 bits per heavy atom. The highest BCUT2D eigenvalue weighted by Crippen LogP contribution is 2.38. The summed E-state index contributed by atoms with van der Waals surface area (Å²) in [5.41, 5.74) is -0.286. The van der Waals surface area contributed by atoms with Crippen molar-refractivity contribution in [2.75, 3.05) is 20.3 Å². The molecule has 1 aromatic heterocycles. The van der Waals surface area contributed by atoms with Gasteiger partial charge >= 0.3 is 12.1 Å². The third-order valence-electron chi connectivity index (χ3n) is 6.10. The van der Waals surface area contributed by atoms with Crippen LogP contribution >= 0.6 is 11.6 Å². The molecule has 1 unspecified atom stereocenters. The summed E-state index contributed by atoms with van der Waals surface area (Å²) in [7, 11) is 1.32. The Morgan fingerprint density at radius 2 is 1.64 bits per heavy atom. The first kappa shape index (κ1) is 32.7. The number of alkyl halides is 3. The maximum absolute atomic E-state index is 13.6. The van der Waals surface area contributed by atoms with Crippen LogP contribution in [0.1, 0.15) is 49.2 Å². The van der Waals surface area contributed by atoms with Crippen molar-refractivity contribution in [1.29, 1.82) is 0 Å². The zero-order valence-electron chi connectivity index (χ0n) is 23.5. The summed E-state index contributed by atoms with van der Waals surface area (Å²) in [5.74, 6) is -1.52. The van der Waals surface area contributed by atoms with Gasteiger partial charge < -0.3 is 23.9 Å². The zero-order valence-corrected chi connectivity index (χ0v) is 24.2. The molecule has 8 nitrogen and oxygen atoms in total. The maximum atomic E-state index is 13.6. The van der Waals surface area contributed by atoms with E-state index in [2.05, 4.69) is 0 Å². The molecular formula is C30H31ClF3NO7. The number of halogens is 4. The van der Waals surface area contributed by atoms with Crippen LogP contribution < -0.4 is 15.0 Å². The van der Waals surface area contributed by atoms with Crippen molar-refractivity contribution in [3.63, 3.8) is 0 Å². The molecule has 3 aromatic rings. The van der Waals surface area contributed by atoms with Crippen LogP contribution in [0.25, 0.3) is 11.1 Å². The van der Waals surface area contributed by atoms with E-state index < -0.39 is 36.0 Å². The third kappa shape index (κ3) is 9.09. The van der Waals surface area contributed by atoms with E-state index >= 15 is 0 Å². The van der Waals surface area contributed by atoms with Crippen molar-refractivity contribution >= 4 is 23.4 Å². The number of ketones is 1. The SMILES string of the molecule is COc1cn(C(CCOC(C)(C)C)C(=O)Cc2ccc(C(=O)O)cc2)c(=O)cc1-c1cc(Cl)ccc1OCC(F)(F)F. The van der Waals surface area contributed by atoms with Crippen molar-refractivity contribution in [3.8, 4) is 22.6 Å². The van der Waals surface area contributed by atoms with Gasteiger partial charge in [0, 0.05) is 35.2 Å². The van der Waals surface area contributed by atoms with Gasteiger partial charge in [-0.3, -0.25) is 9.59 Å². The fourth-order valence-corrected chi connectivity index (χ4v) is 4.33. The Bertz CT molecular complexity index is 1480. The van der Waals surface area contributed by atoms with Gasteiger partial charge in [-0.1, -0.05) is 23.7 Å². The van der Waals surface area contributed by atoms with E-state index in [-0.39, 0.29) is 58.4 Å². The summed E-state index contributed by atoms with van der Waals surface area (Å²) in [4.78, 5) is 38.2. The van der Waals surface area contributed by atoms with Gasteiger partial charge in [0.2, 0.25) is 0 Å². The van der Waals surface area contributed by atoms with Crippen molar-refractivity contribution in [1.82, 2.24) is 4.57 Å². The number of carboxylic acid groups (broad SMARTS) is 1. The monoisotopic (exact) mass is 609 g/mol. The van der Waals surface area contributed by atoms with Gasteiger partial charge in [0.1, 0.15) is 11.5 Å². The Morgan fingerprint density at radius 3 is 2.21 bits per heavy atom. The van der Waals surface area contributed by atoms with Gasteiger partial charge in [0.15, 0.2) is 12.4 Å². The zero-order chi connectivity index (χ0) is 31.2. The number of aromatic nitrogens is 1. The lowest BCUT2D eigenvalue weighted by Gasteiger charge is -2.24. The van der Waals surface area contributed by atoms with Crippen molar-refractivity contribution in [2.24, 2.45) is 0 Å². The topological polar surface area (TPSA) is 104 Å². The summed E-state index contributed by atoms with van der Waals surface area (Å²) >= 11 is 6.12. The molecule has 1 heterocycles. The molecule has 2 aromatic carbocycles. The van der Waals surface area contributed by atoms with Crippen molar-refractivity contribution in [2.45, 2.75) is 51.4 Å². The molecule has 0 aliphatic rings. The van der Waals surface area contributed by atoms with E-state index in [1.54, 1.807) is 0 Å². The molecule has 0 amide bonds. The van der Waals surface area contributed by atoms with Crippen LogP contribution in [0.2, 0.25) is 5.02 Å². The second-order valence-corrected chi connectivity index (χ2v) is 10.9. The Labute approximate surface area is 245 Å². The average molecular weight is 610 g/mol. The number of carbonyl (C=O) groups excluding carboxylic acids is 1. The number of rotatable bonds is 12. The van der Waals surface area contributed by atoms with E-state index in [9.17, 15) is 27.6 Å². The molecule has 42 heavy (non-hydrogen) atoms. The average Bonchev–Trinajstić information content (AvgIpc) is 2.89. The molecule has 0 fully saturated rings. The number of benzene rings is 2. The number of ether oxygens (including phenoxy) is 3. The minimum atomic E-state index is -4.60. The number of carboxylic acids is 1. The van der Waals surface area contributed by atoms with Crippen LogP contribution in [0.15, 0.2) is 59.5 Å². The summed E-state index contributed by atoms with van der Waals surface area (Å²) in [6, 6.07) is 9.95. The molecule has 0 aliphatic carbocycles. The molecule has 3 rings (SSSR count). The largest absolute Gasteiger partial charge is 0.495 e. The predicted molar refractivity (Wildman–Crippen MR) is 151 cm³/mol. The third-order valence-corrected chi connectivity index (χ3v) is 6.34. The Kier molecular flexibility index (Phi) is 10.5. The van der Waals surface area contributed by atoms with Gasteiger partial charge in [0.25, 0.3) is 5.56 Å². The van der Waals surface area contributed by atoms with Crippen molar-refractivity contribution in [3.05, 3.63) is 81.2 Å². The molecular weight excluding hydrogens is 579 g/mol. The smallest absolute Gasteiger partial charge is 0.422 e. The number of aromatic carboxylic acids is 1. The number of carbonyl (C=O) groups is 2. The quantitative estimate of drug-likeness (QED) is 0.254. The van der Waals surface area contributed by atoms with Gasteiger partial charge in [-0.05, 0) is 63.1 Å². The number of hydrogen-bond donors (Lipinski definition) is 1. The molecule has 0 bridgehead atoms. The second-order valence-electron chi connectivity index (χ2n) is 10.5. The first-order valence-corrected chi connectivity index (χ1v) is 13.2. The van der Waals surface area contributed by atoms with Crippen LogP contribution in [0.4, 0.5) is 13.2 Å². The minimum absolute atomic E-state index is 0.0671. The minimum Gasteiger partial charge on any atom is -0.495 e. The van der Waals surface area contributed by atoms with E-state index in [4.69, 9.17) is 30.9 Å². The number of methoxy groups -OCH3 is 1. The van der Waals surface area contributed by atoms with Crippen LogP contribution in [-0.2, 0) is 16.0 Å². The maximum Gasteiger partial charge on any atom is 0.422 e. The van der Waals surface area contributed by atoms with Crippen LogP contribution in [0, 0.1) is 0 Å². The van der Waals surface area contributed by atoms with Crippen molar-refractivity contribution < 1.29 is 42.1 Å². The molecule has 226 valence electrons. The molecule has 0 saturated heterocycles. The number of nitrogens with zero attached hydrogens (tertiary/aromatic N) is 1. The van der Waals surface area contributed by atoms with Gasteiger partial charge in [-0.25, -0.2) is 4.79 Å². The number of hydrogen-bond acceptors (Lipinski definition) is 6. The predicted octanol–water partition coefficient (Wildman–Crippen LogP) is 6.37. The molecule has 0 spiro atoms. The van der Waals surface area contributed by atoms with E-state index in [1.165, 1.54) is 60.3 Å². The molecule has 0 saturated carbocycles. The highest BCUT2D eigenvalue weighted by atomic mass is 35.5. The second kappa shape index (κ2) is 13.4. The van der Waals surface area contributed by atoms with E-state index in [1.807, 2.05) is 20.8 Å². The van der Waals surface area contributed by atoms with E-state index in [0.717, 1.165) is 6.07 Å². The van der Waals surface area contributed by atoms with Crippen LogP contribution in [0.5, 0.6) is 11.5 Å². The molecule has 0 radical (unpaired) electrons. The highest BCUT2D eigenvalue weighted by molar-refractivity contribution is 6.31. The number of pyridine rings is 1. The lowest BCUT2D eigenvalue weighted by Crippen LogP contribution is -2.32. The fraction of sp³-hybridized carbons (Fsp3) is 0.367. The van der Waals surface area contributed by atoms with E-state index in [0.29, 0.717) is 5.56 Å². The molecule has 1 N–H and O–H groups in total. The van der Waals surface area contributed by atoms with Gasteiger partial charge in [-0.15, -0.1) is 0 Å². The summed E-state index contributed by atoms with van der Waals surface area (Å²) < 4.78 is 56.1. The summed E-state index contributed by atoms with van der Waals surface area (Å²) in [5, 5.41) is 9.34. The van der Waals surface area contributed by atoms with Crippen LogP contribution in [0.3, 0.4) is 0 Å². The van der Waals surface area contributed by atoms with Gasteiger partial charge in [-0.2, -0.15) is 13.2 Å². The normalized spacial score (nSPS) is 12.6. The lowest BCUT2D eigenvalue weighted by atomic mass is 9.99. The van der Waals surface area contributed by atoms with Gasteiger partial charge in [0.05, 0.1) is 30.5 Å². The first-order valence-electron chi connectivity index (χ1n) is 12.9.